The molecule has 1 aromatic heterocycles. The highest BCUT2D eigenvalue weighted by Gasteiger charge is 2.28. The van der Waals surface area contributed by atoms with Crippen LogP contribution in [0.3, 0.4) is 0 Å². The topological polar surface area (TPSA) is 44.0 Å². The Hall–Kier alpha value is -1.68. The molecule has 1 unspecified atom stereocenters. The third kappa shape index (κ3) is 4.23. The van der Waals surface area contributed by atoms with E-state index in [-0.39, 0.29) is 11.7 Å². The third-order valence-corrected chi connectivity index (χ3v) is 5.55. The molecule has 126 valence electrons. The molecule has 1 aliphatic carbocycles. The maximum atomic E-state index is 12.7. The maximum absolute atomic E-state index is 12.7. The molecule has 0 N–H and O–H groups in total. The molecule has 1 aliphatic rings. The van der Waals surface area contributed by atoms with Gasteiger partial charge in [-0.2, -0.15) is 4.73 Å². The van der Waals surface area contributed by atoms with Crippen LogP contribution in [-0.4, -0.2) is 5.78 Å². The van der Waals surface area contributed by atoms with E-state index in [9.17, 15) is 10.0 Å². The number of rotatable bonds is 5. The number of pyridine rings is 1. The summed E-state index contributed by atoms with van der Waals surface area (Å²) in [5.74, 6) is 0.830. The van der Waals surface area contributed by atoms with Crippen LogP contribution in [0.15, 0.2) is 53.3 Å². The predicted octanol–water partition coefficient (Wildman–Crippen LogP) is 5.02. The number of nitrogens with zero attached hydrogens (tertiary/aromatic N) is 1. The minimum Gasteiger partial charge on any atom is -0.619 e. The number of benzene rings is 1. The van der Waals surface area contributed by atoms with Gasteiger partial charge in [0.1, 0.15) is 0 Å². The van der Waals surface area contributed by atoms with Gasteiger partial charge in [0.15, 0.2) is 18.2 Å². The molecule has 1 saturated carbocycles. The first kappa shape index (κ1) is 17.2. The fourth-order valence-electron chi connectivity index (χ4n) is 3.74. The van der Waals surface area contributed by atoms with Gasteiger partial charge in [-0.05, 0) is 48.4 Å². The van der Waals surface area contributed by atoms with Crippen LogP contribution in [-0.2, 0) is 0 Å². The van der Waals surface area contributed by atoms with Crippen molar-refractivity contribution in [3.63, 3.8) is 0 Å². The van der Waals surface area contributed by atoms with Crippen molar-refractivity contribution in [3.05, 3.63) is 69.6 Å². The van der Waals surface area contributed by atoms with Gasteiger partial charge in [-0.1, -0.05) is 47.3 Å². The summed E-state index contributed by atoms with van der Waals surface area (Å²) in [6, 6.07) is 11.7. The highest BCUT2D eigenvalue weighted by atomic mass is 79.9. The molecule has 0 amide bonds. The lowest BCUT2D eigenvalue weighted by Crippen LogP contribution is -2.26. The summed E-state index contributed by atoms with van der Waals surface area (Å²) in [6.45, 7) is 0. The number of carbonyl (C=O) groups excluding carboxylic acids is 1. The number of Topliss-reactive ketones (excluding diaryl/α,β-unsaturated/α-hetero) is 1. The minimum absolute atomic E-state index is 0.0543. The number of aromatic nitrogens is 1. The van der Waals surface area contributed by atoms with Crippen molar-refractivity contribution in [1.82, 2.24) is 0 Å². The zero-order chi connectivity index (χ0) is 16.9. The third-order valence-electron chi connectivity index (χ3n) is 5.02. The van der Waals surface area contributed by atoms with E-state index >= 15 is 0 Å². The number of halogens is 1. The molecule has 3 nitrogen and oxygen atoms in total. The molecule has 1 atom stereocenters. The van der Waals surface area contributed by atoms with Gasteiger partial charge in [0, 0.05) is 17.0 Å². The molecule has 0 radical (unpaired) electrons. The Balaban J connectivity index is 1.83. The molecule has 24 heavy (non-hydrogen) atoms. The first-order valence-corrected chi connectivity index (χ1v) is 9.40. The van der Waals surface area contributed by atoms with Crippen LogP contribution in [0.2, 0.25) is 0 Å². The average molecular weight is 388 g/mol. The smallest absolute Gasteiger partial charge is 0.191 e. The quantitative estimate of drug-likeness (QED) is 0.410. The Morgan fingerprint density at radius 3 is 2.54 bits per heavy atom. The van der Waals surface area contributed by atoms with E-state index in [2.05, 4.69) is 28.1 Å². The van der Waals surface area contributed by atoms with Gasteiger partial charge in [-0.15, -0.1) is 0 Å². The van der Waals surface area contributed by atoms with Gasteiger partial charge in [0.25, 0.3) is 0 Å². The van der Waals surface area contributed by atoms with Crippen LogP contribution in [0.5, 0.6) is 0 Å². The lowest BCUT2D eigenvalue weighted by molar-refractivity contribution is -0.605. The fourth-order valence-corrected chi connectivity index (χ4v) is 4.00. The standard InChI is InChI=1S/C20H22BrNO2/c21-18-10-8-16(9-11-18)19(15-5-2-1-3-6-15)13-20(23)17-7-4-12-22(24)14-17/h4,7-12,14-15,19H,1-3,5-6,13H2. The monoisotopic (exact) mass is 387 g/mol. The lowest BCUT2D eigenvalue weighted by atomic mass is 9.74. The van der Waals surface area contributed by atoms with Gasteiger partial charge >= 0.3 is 0 Å². The van der Waals surface area contributed by atoms with Crippen molar-refractivity contribution < 1.29 is 9.52 Å². The van der Waals surface area contributed by atoms with E-state index < -0.39 is 0 Å². The largest absolute Gasteiger partial charge is 0.619 e. The van der Waals surface area contributed by atoms with Crippen molar-refractivity contribution in [3.8, 4) is 0 Å². The zero-order valence-corrected chi connectivity index (χ0v) is 15.2. The molecule has 1 heterocycles. The highest BCUT2D eigenvalue weighted by molar-refractivity contribution is 9.10. The summed E-state index contributed by atoms with van der Waals surface area (Å²) >= 11 is 3.48. The van der Waals surface area contributed by atoms with Gasteiger partial charge in [0.05, 0.1) is 5.56 Å². The highest BCUT2D eigenvalue weighted by Crippen LogP contribution is 2.39. The summed E-state index contributed by atoms with van der Waals surface area (Å²) in [7, 11) is 0. The van der Waals surface area contributed by atoms with E-state index in [0.29, 0.717) is 22.6 Å². The first-order valence-electron chi connectivity index (χ1n) is 8.61. The Kier molecular flexibility index (Phi) is 5.67. The second-order valence-electron chi connectivity index (χ2n) is 6.64. The van der Waals surface area contributed by atoms with Gasteiger partial charge in [-0.3, -0.25) is 4.79 Å². The molecule has 2 aromatic rings. The van der Waals surface area contributed by atoms with E-state index in [4.69, 9.17) is 0 Å². The first-order chi connectivity index (χ1) is 11.6. The van der Waals surface area contributed by atoms with Gasteiger partial charge < -0.3 is 5.21 Å². The normalized spacial score (nSPS) is 16.7. The molecule has 0 saturated heterocycles. The van der Waals surface area contributed by atoms with Crippen molar-refractivity contribution >= 4 is 21.7 Å². The fraction of sp³-hybridized carbons (Fsp3) is 0.400. The SMILES string of the molecule is O=C(CC(c1ccc(Br)cc1)C1CCCCC1)c1ccc[n+]([O-])c1. The lowest BCUT2D eigenvalue weighted by Gasteiger charge is -2.30. The molecular weight excluding hydrogens is 366 g/mol. The molecular formula is C20H22BrNO2. The summed E-state index contributed by atoms with van der Waals surface area (Å²) < 4.78 is 1.75. The van der Waals surface area contributed by atoms with Gasteiger partial charge in [-0.25, -0.2) is 0 Å². The summed E-state index contributed by atoms with van der Waals surface area (Å²) in [4.78, 5) is 12.7. The summed E-state index contributed by atoms with van der Waals surface area (Å²) in [5.41, 5.74) is 1.73. The van der Waals surface area contributed by atoms with Crippen LogP contribution >= 0.6 is 15.9 Å². The molecule has 0 spiro atoms. The molecule has 3 rings (SSSR count). The molecule has 1 fully saturated rings. The summed E-state index contributed by atoms with van der Waals surface area (Å²) in [5, 5.41) is 11.4. The number of hydrogen-bond acceptors (Lipinski definition) is 2. The van der Waals surface area contributed by atoms with Crippen molar-refractivity contribution in [2.45, 2.75) is 44.4 Å². The number of carbonyl (C=O) groups is 1. The Labute approximate surface area is 151 Å². The molecule has 0 bridgehead atoms. The van der Waals surface area contributed by atoms with E-state index in [1.807, 2.05) is 12.1 Å². The molecule has 0 aliphatic heterocycles. The van der Waals surface area contributed by atoms with E-state index in [0.717, 1.165) is 4.47 Å². The number of ketones is 1. The minimum atomic E-state index is 0.0543. The van der Waals surface area contributed by atoms with Gasteiger partial charge in [0.2, 0.25) is 0 Å². The van der Waals surface area contributed by atoms with Crippen LogP contribution in [0.25, 0.3) is 0 Å². The summed E-state index contributed by atoms with van der Waals surface area (Å²) in [6.07, 6.45) is 9.42. The van der Waals surface area contributed by atoms with Crippen molar-refractivity contribution in [2.24, 2.45) is 5.92 Å². The molecule has 4 heteroatoms. The van der Waals surface area contributed by atoms with Crippen LogP contribution in [0.4, 0.5) is 0 Å². The average Bonchev–Trinajstić information content (AvgIpc) is 2.61. The Morgan fingerprint density at radius 1 is 1.17 bits per heavy atom. The second kappa shape index (κ2) is 7.93. The Bertz CT molecular complexity index is 693. The van der Waals surface area contributed by atoms with Crippen LogP contribution in [0.1, 0.15) is 60.4 Å². The Morgan fingerprint density at radius 2 is 1.88 bits per heavy atom. The second-order valence-corrected chi connectivity index (χ2v) is 7.55. The zero-order valence-electron chi connectivity index (χ0n) is 13.7. The van der Waals surface area contributed by atoms with E-state index in [1.165, 1.54) is 50.1 Å². The van der Waals surface area contributed by atoms with E-state index in [1.54, 1.807) is 12.1 Å². The van der Waals surface area contributed by atoms with Crippen molar-refractivity contribution in [1.29, 1.82) is 0 Å². The van der Waals surface area contributed by atoms with Crippen LogP contribution in [0, 0.1) is 11.1 Å². The molecule has 1 aromatic carbocycles. The van der Waals surface area contributed by atoms with Crippen LogP contribution < -0.4 is 4.73 Å². The predicted molar refractivity (Wildman–Crippen MR) is 97.8 cm³/mol. The maximum Gasteiger partial charge on any atom is 0.191 e. The van der Waals surface area contributed by atoms with Crippen molar-refractivity contribution in [2.75, 3.05) is 0 Å². The number of hydrogen-bond donors (Lipinski definition) is 0.